The minimum atomic E-state index is -0.980. The third-order valence-electron chi connectivity index (χ3n) is 3.04. The first-order chi connectivity index (χ1) is 10.1. The smallest absolute Gasteiger partial charge is 0.330 e. The van der Waals surface area contributed by atoms with E-state index in [-0.39, 0.29) is 5.91 Å². The minimum Gasteiger partial charge on any atom is -0.479 e. The fraction of sp³-hybridized carbons (Fsp3) is 0.125. The van der Waals surface area contributed by atoms with E-state index in [4.69, 9.17) is 0 Å². The van der Waals surface area contributed by atoms with Gasteiger partial charge in [0.2, 0.25) is 0 Å². The van der Waals surface area contributed by atoms with Crippen LogP contribution in [0.15, 0.2) is 54.6 Å². The summed E-state index contributed by atoms with van der Waals surface area (Å²) >= 11 is 0. The Labute approximate surface area is 122 Å². The Morgan fingerprint density at radius 3 is 2.38 bits per heavy atom. The van der Waals surface area contributed by atoms with Gasteiger partial charge in [0, 0.05) is 18.3 Å². The number of nitrogens with one attached hydrogen (secondary N) is 2. The summed E-state index contributed by atoms with van der Waals surface area (Å²) in [6, 6.07) is 14.7. The highest BCUT2D eigenvalue weighted by Gasteiger charge is 2.19. The molecule has 2 rings (SSSR count). The van der Waals surface area contributed by atoms with Gasteiger partial charge in [0.05, 0.1) is 0 Å². The molecule has 2 aromatic rings. The lowest BCUT2D eigenvalue weighted by Crippen LogP contribution is -2.21. The van der Waals surface area contributed by atoms with Crippen molar-refractivity contribution in [2.24, 2.45) is 0 Å². The van der Waals surface area contributed by atoms with Gasteiger partial charge in [-0.15, -0.1) is 0 Å². The Balaban J connectivity index is 2.26. The van der Waals surface area contributed by atoms with Gasteiger partial charge in [0.25, 0.3) is 5.91 Å². The van der Waals surface area contributed by atoms with Crippen LogP contribution in [0.5, 0.6) is 0 Å². The Morgan fingerprint density at radius 1 is 1.05 bits per heavy atom. The van der Waals surface area contributed by atoms with E-state index < -0.39 is 12.0 Å². The molecule has 108 valence electrons. The zero-order valence-electron chi connectivity index (χ0n) is 11.5. The number of carboxylic acid groups (broad SMARTS) is 1. The summed E-state index contributed by atoms with van der Waals surface area (Å²) < 4.78 is 0. The van der Waals surface area contributed by atoms with Gasteiger partial charge >= 0.3 is 5.97 Å². The molecular weight excluding hydrogens is 268 g/mol. The molecule has 21 heavy (non-hydrogen) atoms. The zero-order chi connectivity index (χ0) is 15.2. The second kappa shape index (κ2) is 6.56. The molecule has 1 unspecified atom stereocenters. The number of carboxylic acids is 1. The first-order valence-electron chi connectivity index (χ1n) is 6.48. The summed E-state index contributed by atoms with van der Waals surface area (Å²) in [6.07, 6.45) is 0. The minimum absolute atomic E-state index is 0.217. The van der Waals surface area contributed by atoms with Crippen LogP contribution >= 0.6 is 0 Å². The lowest BCUT2D eigenvalue weighted by Gasteiger charge is -2.16. The van der Waals surface area contributed by atoms with Crippen molar-refractivity contribution in [2.75, 3.05) is 12.4 Å². The second-order valence-electron chi connectivity index (χ2n) is 4.49. The molecule has 0 aliphatic heterocycles. The topological polar surface area (TPSA) is 78.4 Å². The van der Waals surface area contributed by atoms with Gasteiger partial charge in [-0.1, -0.05) is 36.4 Å². The molecule has 0 aromatic heterocycles. The van der Waals surface area contributed by atoms with Gasteiger partial charge in [0.1, 0.15) is 0 Å². The number of benzene rings is 2. The molecule has 1 atom stereocenters. The number of carbonyl (C=O) groups excluding carboxylic acids is 1. The quantitative estimate of drug-likeness (QED) is 0.787. The predicted octanol–water partition coefficient (Wildman–Crippen LogP) is 2.28. The van der Waals surface area contributed by atoms with Crippen LogP contribution in [0.25, 0.3) is 0 Å². The largest absolute Gasteiger partial charge is 0.479 e. The molecule has 5 heteroatoms. The van der Waals surface area contributed by atoms with E-state index in [0.717, 1.165) is 0 Å². The number of hydrogen-bond acceptors (Lipinski definition) is 3. The van der Waals surface area contributed by atoms with E-state index in [1.807, 2.05) is 6.07 Å². The van der Waals surface area contributed by atoms with Crippen molar-refractivity contribution in [1.82, 2.24) is 5.32 Å². The van der Waals surface area contributed by atoms with Crippen LogP contribution in [-0.4, -0.2) is 24.0 Å². The molecule has 1 amide bonds. The summed E-state index contributed by atoms with van der Waals surface area (Å²) in [5.74, 6) is -1.20. The molecule has 3 N–H and O–H groups in total. The summed E-state index contributed by atoms with van der Waals surface area (Å²) in [5.41, 5.74) is 1.70. The number of aliphatic carboxylic acids is 1. The van der Waals surface area contributed by atoms with Crippen molar-refractivity contribution >= 4 is 17.6 Å². The lowest BCUT2D eigenvalue weighted by atomic mass is 10.1. The van der Waals surface area contributed by atoms with Gasteiger partial charge in [-0.25, -0.2) is 4.79 Å². The maximum atomic E-state index is 11.6. The third-order valence-corrected chi connectivity index (χ3v) is 3.04. The first kappa shape index (κ1) is 14.6. The van der Waals surface area contributed by atoms with E-state index in [1.54, 1.807) is 55.6 Å². The van der Waals surface area contributed by atoms with Crippen molar-refractivity contribution in [3.8, 4) is 0 Å². The standard InChI is InChI=1S/C16H16N2O3/c1-17-15(19)12-8-5-9-13(10-12)18-14(16(20)21)11-6-3-2-4-7-11/h2-10,14,18H,1H3,(H,17,19)(H,20,21). The maximum Gasteiger partial charge on any atom is 0.330 e. The SMILES string of the molecule is CNC(=O)c1cccc(NC(C(=O)O)c2ccccc2)c1. The molecule has 0 bridgehead atoms. The van der Waals surface area contributed by atoms with Gasteiger partial charge in [-0.3, -0.25) is 4.79 Å². The average molecular weight is 284 g/mol. The highest BCUT2D eigenvalue weighted by molar-refractivity contribution is 5.95. The van der Waals surface area contributed by atoms with Crippen LogP contribution in [0.4, 0.5) is 5.69 Å². The predicted molar refractivity (Wildman–Crippen MR) is 80.3 cm³/mol. The molecule has 0 radical (unpaired) electrons. The molecule has 0 saturated heterocycles. The second-order valence-corrected chi connectivity index (χ2v) is 4.49. The zero-order valence-corrected chi connectivity index (χ0v) is 11.5. The number of carbonyl (C=O) groups is 2. The molecule has 5 nitrogen and oxygen atoms in total. The number of hydrogen-bond donors (Lipinski definition) is 3. The normalized spacial score (nSPS) is 11.5. The van der Waals surface area contributed by atoms with Gasteiger partial charge < -0.3 is 15.7 Å². The van der Waals surface area contributed by atoms with Crippen molar-refractivity contribution in [1.29, 1.82) is 0 Å². The van der Waals surface area contributed by atoms with E-state index in [1.165, 1.54) is 0 Å². The molecule has 0 heterocycles. The van der Waals surface area contributed by atoms with Crippen LogP contribution in [0.1, 0.15) is 22.0 Å². The lowest BCUT2D eigenvalue weighted by molar-refractivity contribution is -0.138. The highest BCUT2D eigenvalue weighted by atomic mass is 16.4. The van der Waals surface area contributed by atoms with Crippen molar-refractivity contribution in [3.05, 3.63) is 65.7 Å². The van der Waals surface area contributed by atoms with Crippen molar-refractivity contribution in [3.63, 3.8) is 0 Å². The van der Waals surface area contributed by atoms with E-state index in [9.17, 15) is 14.7 Å². The molecule has 2 aromatic carbocycles. The van der Waals surface area contributed by atoms with Crippen LogP contribution in [-0.2, 0) is 4.79 Å². The highest BCUT2D eigenvalue weighted by Crippen LogP contribution is 2.20. The maximum absolute atomic E-state index is 11.6. The Hall–Kier alpha value is -2.82. The van der Waals surface area contributed by atoms with Gasteiger partial charge in [0.15, 0.2) is 6.04 Å². The molecule has 0 aliphatic rings. The van der Waals surface area contributed by atoms with Gasteiger partial charge in [-0.2, -0.15) is 0 Å². The van der Waals surface area contributed by atoms with E-state index in [2.05, 4.69) is 10.6 Å². The van der Waals surface area contributed by atoms with Gasteiger partial charge in [-0.05, 0) is 23.8 Å². The Kier molecular flexibility index (Phi) is 4.56. The Morgan fingerprint density at radius 2 is 1.76 bits per heavy atom. The third kappa shape index (κ3) is 3.60. The fourth-order valence-corrected chi connectivity index (χ4v) is 1.99. The van der Waals surface area contributed by atoms with E-state index in [0.29, 0.717) is 16.8 Å². The number of anilines is 1. The van der Waals surface area contributed by atoms with Crippen LogP contribution in [0, 0.1) is 0 Å². The molecular formula is C16H16N2O3. The average Bonchev–Trinajstić information content (AvgIpc) is 2.52. The fourth-order valence-electron chi connectivity index (χ4n) is 1.99. The Bertz CT molecular complexity index is 641. The monoisotopic (exact) mass is 284 g/mol. The first-order valence-corrected chi connectivity index (χ1v) is 6.48. The summed E-state index contributed by atoms with van der Waals surface area (Å²) in [6.45, 7) is 0. The molecule has 0 fully saturated rings. The van der Waals surface area contributed by atoms with E-state index >= 15 is 0 Å². The molecule has 0 spiro atoms. The van der Waals surface area contributed by atoms with Crippen LogP contribution in [0.2, 0.25) is 0 Å². The summed E-state index contributed by atoms with van der Waals surface area (Å²) in [7, 11) is 1.55. The number of rotatable bonds is 5. The molecule has 0 aliphatic carbocycles. The summed E-state index contributed by atoms with van der Waals surface area (Å²) in [4.78, 5) is 23.0. The van der Waals surface area contributed by atoms with Crippen molar-refractivity contribution in [2.45, 2.75) is 6.04 Å². The molecule has 0 saturated carbocycles. The van der Waals surface area contributed by atoms with Crippen LogP contribution < -0.4 is 10.6 Å². The summed E-state index contributed by atoms with van der Waals surface area (Å²) in [5, 5.41) is 14.8. The number of amides is 1. The van der Waals surface area contributed by atoms with Crippen LogP contribution in [0.3, 0.4) is 0 Å². The van der Waals surface area contributed by atoms with Crippen molar-refractivity contribution < 1.29 is 14.7 Å².